The molecule has 3 aromatic carbocycles. The zero-order valence-electron chi connectivity index (χ0n) is 22.2. The number of rotatable bonds is 8. The zero-order valence-corrected chi connectivity index (χ0v) is 22.2. The van der Waals surface area contributed by atoms with Crippen molar-refractivity contribution in [3.63, 3.8) is 0 Å². The first-order chi connectivity index (χ1) is 18.5. The smallest absolute Gasteiger partial charge is 0.338 e. The number of fused-ring (bicyclic) bond motifs is 1. The lowest BCUT2D eigenvalue weighted by atomic mass is 9.98. The average molecular weight is 527 g/mol. The molecule has 0 aliphatic carbocycles. The summed E-state index contributed by atoms with van der Waals surface area (Å²) in [6.07, 6.45) is 0. The van der Waals surface area contributed by atoms with Crippen LogP contribution < -0.4 is 21.3 Å². The van der Waals surface area contributed by atoms with Gasteiger partial charge in [0.1, 0.15) is 5.54 Å². The molecule has 0 saturated carbocycles. The van der Waals surface area contributed by atoms with E-state index in [1.54, 1.807) is 63.2 Å². The number of primary amides is 1. The lowest BCUT2D eigenvalue weighted by molar-refractivity contribution is -0.126. The van der Waals surface area contributed by atoms with Crippen molar-refractivity contribution in [2.24, 2.45) is 5.73 Å². The number of amides is 3. The van der Waals surface area contributed by atoms with Crippen LogP contribution >= 0.6 is 0 Å². The Bertz CT molecular complexity index is 1480. The third kappa shape index (κ3) is 5.38. The van der Waals surface area contributed by atoms with Gasteiger partial charge in [0.2, 0.25) is 11.8 Å². The molecule has 0 atom stereocenters. The van der Waals surface area contributed by atoms with E-state index in [9.17, 15) is 19.2 Å². The van der Waals surface area contributed by atoms with Crippen LogP contribution in [0.3, 0.4) is 0 Å². The Morgan fingerprint density at radius 3 is 2.23 bits per heavy atom. The molecular formula is C30H30N4O5. The summed E-state index contributed by atoms with van der Waals surface area (Å²) in [7, 11) is 0. The van der Waals surface area contributed by atoms with Crippen LogP contribution in [-0.2, 0) is 19.1 Å². The average Bonchev–Trinajstić information content (AvgIpc) is 3.23. The molecule has 39 heavy (non-hydrogen) atoms. The Hall–Kier alpha value is -4.92. The molecule has 0 aromatic heterocycles. The van der Waals surface area contributed by atoms with Crippen LogP contribution in [0.25, 0.3) is 11.3 Å². The first kappa shape index (κ1) is 27.1. The van der Waals surface area contributed by atoms with Crippen molar-refractivity contribution in [2.75, 3.05) is 22.1 Å². The Morgan fingerprint density at radius 1 is 0.974 bits per heavy atom. The van der Waals surface area contributed by atoms with Crippen molar-refractivity contribution in [1.82, 2.24) is 0 Å². The number of benzene rings is 3. The van der Waals surface area contributed by atoms with Crippen LogP contribution in [0, 0.1) is 0 Å². The molecular weight excluding hydrogens is 496 g/mol. The van der Waals surface area contributed by atoms with E-state index in [1.807, 2.05) is 30.3 Å². The minimum Gasteiger partial charge on any atom is -0.462 e. The standard InChI is InChI=1S/C30H30N4O5/c1-5-39-28(37)20-11-16-23-24(17-20)33-27(36)25(23)26(19-9-7-6-8-10-19)32-21-12-14-22(15-13-21)34(18(2)35)30(3,4)29(31)38/h6-17,32H,5H2,1-4H3,(H2,31,38)(H,33,36)/b26-25-. The van der Waals surface area contributed by atoms with Gasteiger partial charge in [0.25, 0.3) is 5.91 Å². The van der Waals surface area contributed by atoms with Gasteiger partial charge in [0.05, 0.1) is 29.1 Å². The van der Waals surface area contributed by atoms with Crippen LogP contribution in [0.5, 0.6) is 0 Å². The molecule has 200 valence electrons. The molecule has 0 bridgehead atoms. The van der Waals surface area contributed by atoms with Crippen molar-refractivity contribution >= 4 is 52.0 Å². The number of hydrogen-bond donors (Lipinski definition) is 3. The Balaban J connectivity index is 1.76. The van der Waals surface area contributed by atoms with Gasteiger partial charge in [-0.3, -0.25) is 19.3 Å². The fourth-order valence-corrected chi connectivity index (χ4v) is 4.49. The molecule has 0 saturated heterocycles. The first-order valence-electron chi connectivity index (χ1n) is 12.4. The second kappa shape index (κ2) is 10.8. The largest absolute Gasteiger partial charge is 0.462 e. The Kier molecular flexibility index (Phi) is 7.53. The van der Waals surface area contributed by atoms with E-state index in [0.29, 0.717) is 39.5 Å². The molecule has 9 heteroatoms. The highest BCUT2D eigenvalue weighted by Crippen LogP contribution is 2.38. The summed E-state index contributed by atoms with van der Waals surface area (Å²) in [4.78, 5) is 51.2. The number of nitrogens with one attached hydrogen (secondary N) is 2. The minimum absolute atomic E-state index is 0.249. The van der Waals surface area contributed by atoms with Crippen LogP contribution in [0.2, 0.25) is 0 Å². The highest BCUT2D eigenvalue weighted by Gasteiger charge is 2.36. The number of anilines is 3. The van der Waals surface area contributed by atoms with E-state index in [4.69, 9.17) is 10.5 Å². The maximum atomic E-state index is 13.2. The highest BCUT2D eigenvalue weighted by atomic mass is 16.5. The Morgan fingerprint density at radius 2 is 1.64 bits per heavy atom. The van der Waals surface area contributed by atoms with Crippen molar-refractivity contribution < 1.29 is 23.9 Å². The van der Waals surface area contributed by atoms with Gasteiger partial charge < -0.3 is 21.1 Å². The lowest BCUT2D eigenvalue weighted by Crippen LogP contribution is -2.55. The van der Waals surface area contributed by atoms with Gasteiger partial charge in [-0.15, -0.1) is 0 Å². The minimum atomic E-state index is -1.23. The number of nitrogens with zero attached hydrogens (tertiary/aromatic N) is 1. The van der Waals surface area contributed by atoms with Crippen LogP contribution in [0.15, 0.2) is 72.8 Å². The lowest BCUT2D eigenvalue weighted by Gasteiger charge is -2.35. The van der Waals surface area contributed by atoms with Gasteiger partial charge in [-0.05, 0) is 62.7 Å². The first-order valence-corrected chi connectivity index (χ1v) is 12.4. The molecule has 0 unspecified atom stereocenters. The SMILES string of the molecule is CCOC(=O)c1ccc2c(c1)NC(=O)/C2=C(\Nc1ccc(N(C(C)=O)C(C)(C)C(N)=O)cc1)c1ccccc1. The Labute approximate surface area is 226 Å². The van der Waals surface area contributed by atoms with Crippen LogP contribution in [0.4, 0.5) is 17.1 Å². The van der Waals surface area contributed by atoms with Crippen LogP contribution in [-0.4, -0.2) is 35.8 Å². The molecule has 4 rings (SSSR count). The monoisotopic (exact) mass is 526 g/mol. The quantitative estimate of drug-likeness (QED) is 0.294. The fraction of sp³-hybridized carbons (Fsp3) is 0.200. The van der Waals surface area contributed by atoms with Gasteiger partial charge in [-0.1, -0.05) is 36.4 Å². The van der Waals surface area contributed by atoms with E-state index < -0.39 is 17.4 Å². The summed E-state index contributed by atoms with van der Waals surface area (Å²) < 4.78 is 5.09. The van der Waals surface area contributed by atoms with E-state index in [2.05, 4.69) is 10.6 Å². The predicted octanol–water partition coefficient (Wildman–Crippen LogP) is 4.41. The van der Waals surface area contributed by atoms with Gasteiger partial charge in [0.15, 0.2) is 0 Å². The second-order valence-corrected chi connectivity index (χ2v) is 9.50. The third-order valence-electron chi connectivity index (χ3n) is 6.46. The summed E-state index contributed by atoms with van der Waals surface area (Å²) in [5, 5.41) is 6.21. The second-order valence-electron chi connectivity index (χ2n) is 9.50. The summed E-state index contributed by atoms with van der Waals surface area (Å²) in [5.41, 5.74) is 8.71. The molecule has 0 spiro atoms. The topological polar surface area (TPSA) is 131 Å². The van der Waals surface area contributed by atoms with Gasteiger partial charge in [0, 0.05) is 23.9 Å². The number of carbonyl (C=O) groups excluding carboxylic acids is 4. The molecule has 1 aliphatic heterocycles. The van der Waals surface area contributed by atoms with E-state index in [0.717, 1.165) is 5.56 Å². The number of ether oxygens (including phenoxy) is 1. The molecule has 9 nitrogen and oxygen atoms in total. The highest BCUT2D eigenvalue weighted by molar-refractivity contribution is 6.37. The van der Waals surface area contributed by atoms with Crippen molar-refractivity contribution in [3.8, 4) is 0 Å². The summed E-state index contributed by atoms with van der Waals surface area (Å²) in [5.74, 6) is -1.74. The number of carbonyl (C=O) groups is 4. The number of esters is 1. The van der Waals surface area contributed by atoms with E-state index in [1.165, 1.54) is 11.8 Å². The van der Waals surface area contributed by atoms with Crippen molar-refractivity contribution in [3.05, 3.63) is 89.5 Å². The molecule has 3 amide bonds. The summed E-state index contributed by atoms with van der Waals surface area (Å²) in [6, 6.07) is 21.3. The summed E-state index contributed by atoms with van der Waals surface area (Å²) >= 11 is 0. The van der Waals surface area contributed by atoms with Crippen molar-refractivity contribution in [2.45, 2.75) is 33.2 Å². The van der Waals surface area contributed by atoms with Gasteiger partial charge >= 0.3 is 5.97 Å². The normalized spacial score (nSPS) is 13.7. The van der Waals surface area contributed by atoms with Crippen molar-refractivity contribution in [1.29, 1.82) is 0 Å². The van der Waals surface area contributed by atoms with E-state index in [-0.39, 0.29) is 18.4 Å². The fourth-order valence-electron chi connectivity index (χ4n) is 4.49. The van der Waals surface area contributed by atoms with Gasteiger partial charge in [-0.25, -0.2) is 4.79 Å². The molecule has 0 radical (unpaired) electrons. The molecule has 0 fully saturated rings. The maximum Gasteiger partial charge on any atom is 0.338 e. The number of nitrogens with two attached hydrogens (primary N) is 1. The molecule has 3 aromatic rings. The third-order valence-corrected chi connectivity index (χ3v) is 6.46. The molecule has 4 N–H and O–H groups in total. The van der Waals surface area contributed by atoms with E-state index >= 15 is 0 Å². The molecule has 1 heterocycles. The molecule has 1 aliphatic rings. The summed E-state index contributed by atoms with van der Waals surface area (Å²) in [6.45, 7) is 6.53. The zero-order chi connectivity index (χ0) is 28.3. The van der Waals surface area contributed by atoms with Gasteiger partial charge in [-0.2, -0.15) is 0 Å². The van der Waals surface area contributed by atoms with Crippen LogP contribution in [0.1, 0.15) is 49.2 Å². The predicted molar refractivity (Wildman–Crippen MR) is 151 cm³/mol. The number of hydrogen-bond acceptors (Lipinski definition) is 6. The maximum absolute atomic E-state index is 13.2.